The first-order valence-electron chi connectivity index (χ1n) is 18.7. The Bertz CT molecular complexity index is 1980. The molecule has 0 N–H and O–H groups in total. The molecular formula is C40H46F12N8P2Ru. The number of rotatable bonds is 11. The van der Waals surface area contributed by atoms with Crippen LogP contribution in [0.4, 0.5) is 50.4 Å². The van der Waals surface area contributed by atoms with Crippen LogP contribution in [0.3, 0.4) is 0 Å². The minimum Gasteiger partial charge on any atom is -0.255 e. The number of halogens is 12. The summed E-state index contributed by atoms with van der Waals surface area (Å²) in [6, 6.07) is 31.7. The summed E-state index contributed by atoms with van der Waals surface area (Å²) in [5, 5.41) is 0. The molecule has 0 aliphatic carbocycles. The summed E-state index contributed by atoms with van der Waals surface area (Å²) in [5.74, 6) is 0. The fraction of sp³-hybridized carbons (Fsp3) is 0.250. The Morgan fingerprint density at radius 3 is 0.937 bits per heavy atom. The largest absolute Gasteiger partial charge is 2.00 e. The van der Waals surface area contributed by atoms with Gasteiger partial charge in [0, 0.05) is 50.3 Å². The minimum atomic E-state index is -10.7. The summed E-state index contributed by atoms with van der Waals surface area (Å²) >= 11 is 0. The average Bonchev–Trinajstić information content (AvgIpc) is 3.22. The van der Waals surface area contributed by atoms with Gasteiger partial charge < -0.3 is 0 Å². The molecule has 0 unspecified atom stereocenters. The Kier molecular flexibility index (Phi) is 20.5. The minimum absolute atomic E-state index is 0. The third kappa shape index (κ3) is 31.0. The van der Waals surface area contributed by atoms with Crippen LogP contribution in [0.25, 0.3) is 34.2 Å². The molecule has 0 spiro atoms. The van der Waals surface area contributed by atoms with Crippen molar-refractivity contribution in [2.75, 3.05) is 26.2 Å². The zero-order valence-electron chi connectivity index (χ0n) is 34.3. The van der Waals surface area contributed by atoms with Crippen molar-refractivity contribution in [3.05, 3.63) is 145 Å². The van der Waals surface area contributed by atoms with Crippen LogP contribution >= 0.6 is 15.6 Å². The second-order valence-electron chi connectivity index (χ2n) is 12.8. The molecule has 348 valence electrons. The van der Waals surface area contributed by atoms with E-state index in [1.165, 1.54) is 11.1 Å². The summed E-state index contributed by atoms with van der Waals surface area (Å²) in [7, 11) is -21.3. The first-order valence-corrected chi connectivity index (χ1v) is 22.7. The monoisotopic (exact) mass is 1030 g/mol. The molecule has 6 aromatic rings. The summed E-state index contributed by atoms with van der Waals surface area (Å²) in [5.41, 5.74) is 8.10. The van der Waals surface area contributed by atoms with E-state index in [-0.39, 0.29) is 19.5 Å². The SMILES string of the molecule is CCN(CC)Cc1ccc(-c2cc(CN(CC)CC)ccn2)nc1.F[P-](F)(F)(F)(F)F.F[P-](F)(F)(F)(F)F.[Ru+2].c1ccc(-c2ccccn2)nc1.c1ccc(-c2ccccn2)nc1. The van der Waals surface area contributed by atoms with Crippen LogP contribution in [0.5, 0.6) is 0 Å². The molecule has 0 saturated heterocycles. The molecular weight excluding hydrogens is 983 g/mol. The van der Waals surface area contributed by atoms with Gasteiger partial charge in [-0.3, -0.25) is 39.7 Å². The molecule has 6 aromatic heterocycles. The molecule has 0 aliphatic rings. The van der Waals surface area contributed by atoms with E-state index in [0.717, 1.165) is 73.4 Å². The van der Waals surface area contributed by atoms with Crippen molar-refractivity contribution < 1.29 is 69.8 Å². The smallest absolute Gasteiger partial charge is 0.255 e. The second-order valence-corrected chi connectivity index (χ2v) is 16.6. The molecule has 0 bridgehead atoms. The van der Waals surface area contributed by atoms with Crippen molar-refractivity contribution in [3.63, 3.8) is 0 Å². The first-order chi connectivity index (χ1) is 28.5. The van der Waals surface area contributed by atoms with Crippen LogP contribution in [0.15, 0.2) is 134 Å². The quantitative estimate of drug-likeness (QED) is 0.0721. The third-order valence-corrected chi connectivity index (χ3v) is 7.70. The van der Waals surface area contributed by atoms with Crippen LogP contribution in [-0.2, 0) is 32.6 Å². The number of hydrogen-bond acceptors (Lipinski definition) is 8. The standard InChI is InChI=1S/C20H30N4.2C10H8N2.2F6P.Ru/c1-5-23(6-2)15-17-11-12-21-20(13-17)19-10-9-18(14-22-19)16-24(7-3)8-4;2*1-3-7-11-9(5-1)10-6-2-4-8-12-10;2*1-7(2,3,4,5)6;/h9-14H,5-8,15-16H2,1-4H3;2*1-8H;;;/q;;;2*-1;+2. The van der Waals surface area contributed by atoms with E-state index < -0.39 is 15.6 Å². The van der Waals surface area contributed by atoms with Gasteiger partial charge in [-0.05, 0) is 104 Å². The summed E-state index contributed by atoms with van der Waals surface area (Å²) in [6.45, 7) is 14.9. The molecule has 8 nitrogen and oxygen atoms in total. The van der Waals surface area contributed by atoms with E-state index in [0.29, 0.717) is 0 Å². The second kappa shape index (κ2) is 22.9. The van der Waals surface area contributed by atoms with Crippen molar-refractivity contribution in [1.29, 1.82) is 0 Å². The maximum absolute atomic E-state index is 10.7. The number of aromatic nitrogens is 6. The Morgan fingerprint density at radius 1 is 0.365 bits per heavy atom. The Balaban J connectivity index is 0.000000430. The summed E-state index contributed by atoms with van der Waals surface area (Å²) < 4.78 is 118. The zero-order chi connectivity index (χ0) is 46.6. The van der Waals surface area contributed by atoms with Crippen LogP contribution in [0.1, 0.15) is 38.8 Å². The van der Waals surface area contributed by atoms with Gasteiger partial charge in [0.2, 0.25) is 0 Å². The van der Waals surface area contributed by atoms with Gasteiger partial charge in [0.1, 0.15) is 0 Å². The maximum atomic E-state index is 9.87. The molecule has 0 saturated carbocycles. The first kappa shape index (κ1) is 56.5. The van der Waals surface area contributed by atoms with Crippen LogP contribution < -0.4 is 0 Å². The van der Waals surface area contributed by atoms with Gasteiger partial charge in [-0.2, -0.15) is 0 Å². The van der Waals surface area contributed by atoms with Crippen molar-refractivity contribution in [3.8, 4) is 34.2 Å². The van der Waals surface area contributed by atoms with Crippen LogP contribution in [-0.4, -0.2) is 65.9 Å². The fourth-order valence-corrected chi connectivity index (χ4v) is 4.85. The molecule has 6 rings (SSSR count). The van der Waals surface area contributed by atoms with E-state index in [2.05, 4.69) is 91.7 Å². The summed E-state index contributed by atoms with van der Waals surface area (Å²) in [4.78, 5) is 30.7. The van der Waals surface area contributed by atoms with Gasteiger partial charge >= 0.3 is 85.5 Å². The van der Waals surface area contributed by atoms with Crippen LogP contribution in [0.2, 0.25) is 0 Å². The molecule has 0 atom stereocenters. The molecule has 63 heavy (non-hydrogen) atoms. The normalized spacial score (nSPS) is 13.2. The average molecular weight is 1030 g/mol. The maximum Gasteiger partial charge on any atom is 2.00 e. The van der Waals surface area contributed by atoms with Gasteiger partial charge in [0.05, 0.1) is 34.2 Å². The van der Waals surface area contributed by atoms with Crippen molar-refractivity contribution >= 4 is 15.6 Å². The molecule has 0 aromatic carbocycles. The molecule has 23 heteroatoms. The van der Waals surface area contributed by atoms with E-state index in [9.17, 15) is 50.4 Å². The fourth-order valence-electron chi connectivity index (χ4n) is 4.85. The Morgan fingerprint density at radius 2 is 0.667 bits per heavy atom. The van der Waals surface area contributed by atoms with Gasteiger partial charge in [0.15, 0.2) is 0 Å². The third-order valence-electron chi connectivity index (χ3n) is 7.70. The van der Waals surface area contributed by atoms with Gasteiger partial charge in [-0.15, -0.1) is 0 Å². The van der Waals surface area contributed by atoms with E-state index in [1.54, 1.807) is 24.8 Å². The number of pyridine rings is 6. The number of hydrogen-bond donors (Lipinski definition) is 0. The van der Waals surface area contributed by atoms with Crippen molar-refractivity contribution in [2.45, 2.75) is 40.8 Å². The molecule has 0 amide bonds. The van der Waals surface area contributed by atoms with Crippen molar-refractivity contribution in [2.24, 2.45) is 0 Å². The molecule has 0 fully saturated rings. The van der Waals surface area contributed by atoms with E-state index >= 15 is 0 Å². The molecule has 6 heterocycles. The topological polar surface area (TPSA) is 83.8 Å². The van der Waals surface area contributed by atoms with Gasteiger partial charge in [-0.1, -0.05) is 58.0 Å². The predicted molar refractivity (Wildman–Crippen MR) is 223 cm³/mol. The van der Waals surface area contributed by atoms with E-state index in [1.807, 2.05) is 85.2 Å². The molecule has 0 aliphatic heterocycles. The van der Waals surface area contributed by atoms with Gasteiger partial charge in [0.25, 0.3) is 0 Å². The zero-order valence-corrected chi connectivity index (χ0v) is 37.8. The van der Waals surface area contributed by atoms with Crippen molar-refractivity contribution in [1.82, 2.24) is 39.7 Å². The van der Waals surface area contributed by atoms with E-state index in [4.69, 9.17) is 0 Å². The van der Waals surface area contributed by atoms with Gasteiger partial charge in [-0.25, -0.2) is 0 Å². The Labute approximate surface area is 370 Å². The number of nitrogens with zero attached hydrogens (tertiary/aromatic N) is 8. The van der Waals surface area contributed by atoms with Crippen LogP contribution in [0, 0.1) is 0 Å². The predicted octanol–water partition coefficient (Wildman–Crippen LogP) is 14.9. The summed E-state index contributed by atoms with van der Waals surface area (Å²) in [6.07, 6.45) is 10.9. The molecule has 0 radical (unpaired) electrons. The Hall–Kier alpha value is -4.54.